The summed E-state index contributed by atoms with van der Waals surface area (Å²) in [6.07, 6.45) is 0. The van der Waals surface area contributed by atoms with Crippen molar-refractivity contribution in [2.75, 3.05) is 7.11 Å². The quantitative estimate of drug-likeness (QED) is 0.634. The van der Waals surface area contributed by atoms with Gasteiger partial charge >= 0.3 is 5.97 Å². The Kier molecular flexibility index (Phi) is 5.37. The maximum Gasteiger partial charge on any atom is 0.326 e. The maximum atomic E-state index is 13.2. The molecule has 0 saturated heterocycles. The average molecular weight is 391 g/mol. The number of nitriles is 1. The molecular weight excluding hydrogens is 370 g/mol. The van der Waals surface area contributed by atoms with Crippen molar-refractivity contribution < 1.29 is 14.3 Å². The van der Waals surface area contributed by atoms with Gasteiger partial charge in [-0.2, -0.15) is 5.26 Å². The van der Waals surface area contributed by atoms with Crippen LogP contribution in [0.3, 0.4) is 0 Å². The molecule has 29 heavy (non-hydrogen) atoms. The third-order valence-electron chi connectivity index (χ3n) is 4.15. The number of hydrogen-bond acceptors (Lipinski definition) is 6. The summed E-state index contributed by atoms with van der Waals surface area (Å²) in [5, 5.41) is 8.99. The number of nitrogens with zero attached hydrogens (tertiary/aromatic N) is 3. The van der Waals surface area contributed by atoms with Gasteiger partial charge in [-0.25, -0.2) is 4.98 Å². The van der Waals surface area contributed by atoms with E-state index in [0.29, 0.717) is 27.9 Å². The van der Waals surface area contributed by atoms with Crippen LogP contribution in [0.15, 0.2) is 47.3 Å². The molecule has 7 nitrogen and oxygen atoms in total. The predicted molar refractivity (Wildman–Crippen MR) is 109 cm³/mol. The Hall–Kier alpha value is -3.66. The molecule has 0 amide bonds. The Morgan fingerprint density at radius 3 is 2.45 bits per heavy atom. The molecule has 0 aliphatic rings. The summed E-state index contributed by atoms with van der Waals surface area (Å²) >= 11 is 0. The van der Waals surface area contributed by atoms with Crippen molar-refractivity contribution in [2.24, 2.45) is 0 Å². The number of carbonyl (C=O) groups is 1. The molecule has 3 aromatic rings. The number of rotatable bonds is 4. The van der Waals surface area contributed by atoms with Crippen molar-refractivity contribution in [2.45, 2.75) is 32.9 Å². The second-order valence-electron chi connectivity index (χ2n) is 7.48. The Bertz CT molecular complexity index is 1170. The molecule has 0 bridgehead atoms. The van der Waals surface area contributed by atoms with Crippen LogP contribution in [0.1, 0.15) is 26.3 Å². The molecule has 0 atom stereocenters. The highest BCUT2D eigenvalue weighted by molar-refractivity contribution is 5.81. The Morgan fingerprint density at radius 2 is 1.86 bits per heavy atom. The number of esters is 1. The molecule has 3 rings (SSSR count). The zero-order valence-corrected chi connectivity index (χ0v) is 16.7. The number of benzene rings is 2. The van der Waals surface area contributed by atoms with Crippen LogP contribution in [-0.4, -0.2) is 28.2 Å². The van der Waals surface area contributed by atoms with Gasteiger partial charge in [0.1, 0.15) is 23.6 Å². The minimum Gasteiger partial charge on any atom is -0.497 e. The van der Waals surface area contributed by atoms with Crippen molar-refractivity contribution in [3.63, 3.8) is 0 Å². The van der Waals surface area contributed by atoms with Crippen LogP contribution in [0, 0.1) is 11.3 Å². The lowest BCUT2D eigenvalue weighted by Gasteiger charge is -2.20. The van der Waals surface area contributed by atoms with E-state index in [-0.39, 0.29) is 12.2 Å². The number of ether oxygens (including phenoxy) is 2. The van der Waals surface area contributed by atoms with Gasteiger partial charge in [-0.1, -0.05) is 12.1 Å². The summed E-state index contributed by atoms with van der Waals surface area (Å²) < 4.78 is 12.0. The number of fused-ring (bicyclic) bond motifs is 1. The zero-order chi connectivity index (χ0) is 21.2. The van der Waals surface area contributed by atoms with Gasteiger partial charge in [0.25, 0.3) is 5.56 Å². The van der Waals surface area contributed by atoms with Crippen LogP contribution < -0.4 is 10.3 Å². The summed E-state index contributed by atoms with van der Waals surface area (Å²) in [6, 6.07) is 13.7. The van der Waals surface area contributed by atoms with E-state index in [4.69, 9.17) is 14.7 Å². The van der Waals surface area contributed by atoms with Gasteiger partial charge in [-0.05, 0) is 45.0 Å². The lowest BCUT2D eigenvalue weighted by atomic mass is 10.1. The van der Waals surface area contributed by atoms with Crippen LogP contribution in [0.4, 0.5) is 0 Å². The molecule has 0 radical (unpaired) electrons. The van der Waals surface area contributed by atoms with Gasteiger partial charge in [0.15, 0.2) is 0 Å². The minimum absolute atomic E-state index is 0.190. The first-order valence-electron chi connectivity index (χ1n) is 9.03. The monoisotopic (exact) mass is 391 g/mol. The molecule has 0 fully saturated rings. The van der Waals surface area contributed by atoms with E-state index in [0.717, 1.165) is 0 Å². The highest BCUT2D eigenvalue weighted by atomic mass is 16.6. The number of methoxy groups -OCH3 is 1. The van der Waals surface area contributed by atoms with Crippen LogP contribution in [0.5, 0.6) is 5.75 Å². The van der Waals surface area contributed by atoms with Crippen LogP contribution in [0.2, 0.25) is 0 Å². The molecule has 0 saturated carbocycles. The molecule has 0 aliphatic heterocycles. The summed E-state index contributed by atoms with van der Waals surface area (Å²) in [5.41, 5.74) is 1.14. The van der Waals surface area contributed by atoms with Gasteiger partial charge in [-0.3, -0.25) is 14.2 Å². The van der Waals surface area contributed by atoms with Gasteiger partial charge < -0.3 is 9.47 Å². The first kappa shape index (κ1) is 20.1. The van der Waals surface area contributed by atoms with Crippen molar-refractivity contribution in [1.82, 2.24) is 9.55 Å². The molecule has 0 N–H and O–H groups in total. The first-order chi connectivity index (χ1) is 13.7. The van der Waals surface area contributed by atoms with E-state index >= 15 is 0 Å². The third kappa shape index (κ3) is 4.43. The fourth-order valence-electron chi connectivity index (χ4n) is 2.90. The van der Waals surface area contributed by atoms with E-state index in [9.17, 15) is 9.59 Å². The SMILES string of the molecule is COc1ccc2nc(-c3ccc(C#N)cc3)c(=O)n(CC(=O)OC(C)(C)C)c2c1. The second kappa shape index (κ2) is 7.76. The molecule has 0 aliphatic carbocycles. The molecule has 148 valence electrons. The van der Waals surface area contributed by atoms with E-state index in [1.54, 1.807) is 63.2 Å². The third-order valence-corrected chi connectivity index (χ3v) is 4.15. The van der Waals surface area contributed by atoms with Gasteiger partial charge in [-0.15, -0.1) is 0 Å². The maximum absolute atomic E-state index is 13.2. The largest absolute Gasteiger partial charge is 0.497 e. The molecule has 1 heterocycles. The molecule has 0 unspecified atom stereocenters. The van der Waals surface area contributed by atoms with Crippen LogP contribution in [0.25, 0.3) is 22.3 Å². The molecular formula is C22H21N3O4. The average Bonchev–Trinajstić information content (AvgIpc) is 2.68. The Labute approximate surface area is 168 Å². The number of carbonyl (C=O) groups excluding carboxylic acids is 1. The van der Waals surface area contributed by atoms with Crippen molar-refractivity contribution in [1.29, 1.82) is 5.26 Å². The van der Waals surface area contributed by atoms with Crippen LogP contribution >= 0.6 is 0 Å². The normalized spacial score (nSPS) is 11.1. The fraction of sp³-hybridized carbons (Fsp3) is 0.273. The van der Waals surface area contributed by atoms with E-state index < -0.39 is 17.1 Å². The van der Waals surface area contributed by atoms with Gasteiger partial charge in [0, 0.05) is 11.6 Å². The van der Waals surface area contributed by atoms with E-state index in [2.05, 4.69) is 4.98 Å². The summed E-state index contributed by atoms with van der Waals surface area (Å²) in [4.78, 5) is 30.2. The van der Waals surface area contributed by atoms with Crippen LogP contribution in [-0.2, 0) is 16.1 Å². The van der Waals surface area contributed by atoms with Gasteiger partial charge in [0.2, 0.25) is 0 Å². The fourth-order valence-corrected chi connectivity index (χ4v) is 2.90. The molecule has 2 aromatic carbocycles. The van der Waals surface area contributed by atoms with E-state index in [1.807, 2.05) is 6.07 Å². The van der Waals surface area contributed by atoms with Crippen molar-refractivity contribution in [3.8, 4) is 23.1 Å². The lowest BCUT2D eigenvalue weighted by molar-refractivity contribution is -0.155. The first-order valence-corrected chi connectivity index (χ1v) is 9.03. The Balaban J connectivity index is 2.19. The predicted octanol–water partition coefficient (Wildman–Crippen LogP) is 3.29. The van der Waals surface area contributed by atoms with Crippen molar-refractivity contribution >= 4 is 17.0 Å². The summed E-state index contributed by atoms with van der Waals surface area (Å²) in [6.45, 7) is 5.04. The zero-order valence-electron chi connectivity index (χ0n) is 16.7. The molecule has 0 spiro atoms. The minimum atomic E-state index is -0.669. The smallest absolute Gasteiger partial charge is 0.326 e. The number of hydrogen-bond donors (Lipinski definition) is 0. The molecule has 1 aromatic heterocycles. The highest BCUT2D eigenvalue weighted by Crippen LogP contribution is 2.22. The van der Waals surface area contributed by atoms with Gasteiger partial charge in [0.05, 0.1) is 29.8 Å². The standard InChI is InChI=1S/C22H21N3O4/c1-22(2,3)29-19(26)13-25-18-11-16(28-4)9-10-17(18)24-20(21(25)27)15-7-5-14(12-23)6-8-15/h5-11H,13H2,1-4H3. The lowest BCUT2D eigenvalue weighted by Crippen LogP contribution is -2.31. The van der Waals surface area contributed by atoms with Crippen molar-refractivity contribution in [3.05, 3.63) is 58.4 Å². The topological polar surface area (TPSA) is 94.2 Å². The highest BCUT2D eigenvalue weighted by Gasteiger charge is 2.20. The summed E-state index contributed by atoms with van der Waals surface area (Å²) in [5.74, 6) is 0.0171. The Morgan fingerprint density at radius 1 is 1.17 bits per heavy atom. The summed E-state index contributed by atoms with van der Waals surface area (Å²) in [7, 11) is 1.52. The van der Waals surface area contributed by atoms with E-state index in [1.165, 1.54) is 11.7 Å². The molecule has 7 heteroatoms. The second-order valence-corrected chi connectivity index (χ2v) is 7.48. The number of aromatic nitrogens is 2.